The van der Waals surface area contributed by atoms with Crippen LogP contribution in [0.1, 0.15) is 11.5 Å². The number of anilines is 2. The monoisotopic (exact) mass is 404 g/mol. The van der Waals surface area contributed by atoms with Gasteiger partial charge in [0.2, 0.25) is 5.82 Å². The number of hydrazine groups is 1. The lowest BCUT2D eigenvalue weighted by atomic mass is 10.1. The van der Waals surface area contributed by atoms with Crippen molar-refractivity contribution in [2.24, 2.45) is 11.6 Å². The summed E-state index contributed by atoms with van der Waals surface area (Å²) < 4.78 is 19.7. The number of rotatable bonds is 5. The van der Waals surface area contributed by atoms with E-state index in [0.717, 1.165) is 5.01 Å². The highest BCUT2D eigenvalue weighted by Gasteiger charge is 2.22. The van der Waals surface area contributed by atoms with Gasteiger partial charge in [-0.1, -0.05) is 17.3 Å². The number of nitrogens with two attached hydrogens (primary N) is 3. The van der Waals surface area contributed by atoms with Crippen molar-refractivity contribution >= 4 is 22.9 Å². The average molecular weight is 404 g/mol. The third kappa shape index (κ3) is 3.66. The van der Waals surface area contributed by atoms with Gasteiger partial charge in [-0.15, -0.1) is 0 Å². The molecule has 0 saturated carbocycles. The lowest BCUT2D eigenvalue weighted by Gasteiger charge is -2.23. The Hall–Kier alpha value is -4.31. The van der Waals surface area contributed by atoms with Crippen molar-refractivity contribution in [3.63, 3.8) is 0 Å². The molecule has 0 unspecified atom stereocenters. The molecule has 0 spiro atoms. The predicted molar refractivity (Wildman–Crippen MR) is 110 cm³/mol. The van der Waals surface area contributed by atoms with E-state index in [2.05, 4.69) is 20.1 Å². The summed E-state index contributed by atoms with van der Waals surface area (Å²) in [6.07, 6.45) is 4.65. The number of hydrogen-bond acceptors (Lipinski definition) is 9. The van der Waals surface area contributed by atoms with Gasteiger partial charge >= 0.3 is 0 Å². The molecule has 1 aromatic carbocycles. The van der Waals surface area contributed by atoms with Gasteiger partial charge in [0.1, 0.15) is 17.3 Å². The number of para-hydroxylation sites is 1. The third-order valence-corrected chi connectivity index (χ3v) is 4.26. The standard InChI is InChI=1S/C20H17FN8O/c21-14-3-1-2-4-15(14)29(24)18(12-7-9-25-10-8-12)17(23)20-27-19(28-30-20)13-5-6-16(22)26-11-13/h1-11H,23-24H2,(H2,22,26)/b18-17-. The van der Waals surface area contributed by atoms with Gasteiger partial charge in [0.15, 0.2) is 0 Å². The predicted octanol–water partition coefficient (Wildman–Crippen LogP) is 2.41. The molecule has 0 fully saturated rings. The molecule has 30 heavy (non-hydrogen) atoms. The zero-order valence-corrected chi connectivity index (χ0v) is 15.6. The number of aromatic nitrogens is 4. The Bertz CT molecular complexity index is 1190. The molecule has 0 amide bonds. The van der Waals surface area contributed by atoms with Crippen molar-refractivity contribution < 1.29 is 8.91 Å². The number of halogens is 1. The van der Waals surface area contributed by atoms with Crippen molar-refractivity contribution in [3.05, 3.63) is 84.4 Å². The molecule has 3 heterocycles. The summed E-state index contributed by atoms with van der Waals surface area (Å²) in [6, 6.07) is 12.8. The lowest BCUT2D eigenvalue weighted by Crippen LogP contribution is -2.32. The molecule has 0 aliphatic rings. The minimum absolute atomic E-state index is 0.0143. The largest absolute Gasteiger partial charge is 0.392 e. The molecule has 6 N–H and O–H groups in total. The van der Waals surface area contributed by atoms with E-state index < -0.39 is 5.82 Å². The van der Waals surface area contributed by atoms with Crippen LogP contribution in [0, 0.1) is 5.82 Å². The van der Waals surface area contributed by atoms with E-state index in [1.54, 1.807) is 48.8 Å². The van der Waals surface area contributed by atoms with Crippen LogP contribution >= 0.6 is 0 Å². The Kier molecular flexibility index (Phi) is 5.06. The van der Waals surface area contributed by atoms with Gasteiger partial charge in [0.25, 0.3) is 5.89 Å². The second kappa shape index (κ2) is 7.97. The van der Waals surface area contributed by atoms with Crippen LogP contribution in [-0.4, -0.2) is 20.1 Å². The molecule has 10 heteroatoms. The van der Waals surface area contributed by atoms with Crippen LogP contribution in [0.5, 0.6) is 0 Å². The van der Waals surface area contributed by atoms with E-state index in [0.29, 0.717) is 16.9 Å². The first-order valence-corrected chi connectivity index (χ1v) is 8.80. The van der Waals surface area contributed by atoms with Gasteiger partial charge < -0.3 is 16.0 Å². The molecule has 4 aromatic rings. The van der Waals surface area contributed by atoms with Crippen molar-refractivity contribution in [3.8, 4) is 11.4 Å². The number of pyridine rings is 2. The molecule has 0 atom stereocenters. The normalized spacial score (nSPS) is 11.8. The molecule has 3 aromatic heterocycles. The second-order valence-corrected chi connectivity index (χ2v) is 6.21. The number of nitrogen functional groups attached to an aromatic ring is 1. The molecule has 0 saturated heterocycles. The Morgan fingerprint density at radius 2 is 1.80 bits per heavy atom. The molecule has 0 aliphatic heterocycles. The average Bonchev–Trinajstić information content (AvgIpc) is 3.26. The summed E-state index contributed by atoms with van der Waals surface area (Å²) in [4.78, 5) is 12.3. The topological polar surface area (TPSA) is 146 Å². The first-order valence-electron chi connectivity index (χ1n) is 8.80. The maximum absolute atomic E-state index is 14.4. The smallest absolute Gasteiger partial charge is 0.276 e. The first-order chi connectivity index (χ1) is 14.5. The lowest BCUT2D eigenvalue weighted by molar-refractivity contribution is 0.408. The molecule has 0 radical (unpaired) electrons. The fourth-order valence-electron chi connectivity index (χ4n) is 2.79. The SMILES string of the molecule is N/C(=C(/c1ccncc1)N(N)c1ccccc1F)c1nc(-c2ccc(N)nc2)no1. The van der Waals surface area contributed by atoms with Crippen LogP contribution < -0.4 is 22.3 Å². The van der Waals surface area contributed by atoms with Crippen LogP contribution in [0.15, 0.2) is 71.6 Å². The van der Waals surface area contributed by atoms with Gasteiger partial charge in [-0.25, -0.2) is 15.2 Å². The zero-order chi connectivity index (χ0) is 21.1. The fraction of sp³-hybridized carbons (Fsp3) is 0. The summed E-state index contributed by atoms with van der Waals surface area (Å²) in [6.45, 7) is 0. The van der Waals surface area contributed by atoms with Gasteiger partial charge in [0, 0.05) is 29.7 Å². The maximum Gasteiger partial charge on any atom is 0.276 e. The van der Waals surface area contributed by atoms with E-state index in [4.69, 9.17) is 21.8 Å². The van der Waals surface area contributed by atoms with Crippen molar-refractivity contribution in [1.82, 2.24) is 20.1 Å². The van der Waals surface area contributed by atoms with Crippen molar-refractivity contribution in [2.75, 3.05) is 10.7 Å². The van der Waals surface area contributed by atoms with Crippen LogP contribution in [0.2, 0.25) is 0 Å². The van der Waals surface area contributed by atoms with Gasteiger partial charge in [0.05, 0.1) is 11.4 Å². The Morgan fingerprint density at radius 1 is 1.03 bits per heavy atom. The Balaban J connectivity index is 1.82. The summed E-state index contributed by atoms with van der Waals surface area (Å²) >= 11 is 0. The Morgan fingerprint density at radius 3 is 2.50 bits per heavy atom. The van der Waals surface area contributed by atoms with Gasteiger partial charge in [-0.05, 0) is 36.4 Å². The Labute approximate surface area is 170 Å². The zero-order valence-electron chi connectivity index (χ0n) is 15.6. The van der Waals surface area contributed by atoms with E-state index >= 15 is 0 Å². The van der Waals surface area contributed by atoms with Crippen LogP contribution in [-0.2, 0) is 0 Å². The molecule has 0 bridgehead atoms. The summed E-state index contributed by atoms with van der Waals surface area (Å²) in [5.74, 6) is 6.40. The van der Waals surface area contributed by atoms with Gasteiger partial charge in [-0.3, -0.25) is 9.99 Å². The van der Waals surface area contributed by atoms with Crippen molar-refractivity contribution in [2.45, 2.75) is 0 Å². The number of hydrogen-bond donors (Lipinski definition) is 3. The number of benzene rings is 1. The maximum atomic E-state index is 14.4. The van der Waals surface area contributed by atoms with Crippen LogP contribution in [0.3, 0.4) is 0 Å². The summed E-state index contributed by atoms with van der Waals surface area (Å²) in [7, 11) is 0. The molecule has 9 nitrogen and oxygen atoms in total. The van der Waals surface area contributed by atoms with E-state index in [1.807, 2.05) is 0 Å². The molecule has 4 rings (SSSR count). The van der Waals surface area contributed by atoms with E-state index in [-0.39, 0.29) is 28.8 Å². The van der Waals surface area contributed by atoms with Crippen LogP contribution in [0.25, 0.3) is 22.8 Å². The molecule has 0 aliphatic carbocycles. The fourth-order valence-corrected chi connectivity index (χ4v) is 2.79. The second-order valence-electron chi connectivity index (χ2n) is 6.21. The third-order valence-electron chi connectivity index (χ3n) is 4.26. The molecular formula is C20H17FN8O. The van der Waals surface area contributed by atoms with E-state index in [9.17, 15) is 4.39 Å². The molecular weight excluding hydrogens is 387 g/mol. The highest BCUT2D eigenvalue weighted by molar-refractivity contribution is 5.93. The van der Waals surface area contributed by atoms with Gasteiger partial charge in [-0.2, -0.15) is 4.98 Å². The van der Waals surface area contributed by atoms with E-state index in [1.165, 1.54) is 18.3 Å². The minimum Gasteiger partial charge on any atom is -0.392 e. The quantitative estimate of drug-likeness (QED) is 0.337. The number of nitrogens with zero attached hydrogens (tertiary/aromatic N) is 5. The van der Waals surface area contributed by atoms with Crippen molar-refractivity contribution in [1.29, 1.82) is 0 Å². The highest BCUT2D eigenvalue weighted by Crippen LogP contribution is 2.30. The summed E-state index contributed by atoms with van der Waals surface area (Å²) in [5, 5.41) is 5.07. The molecule has 150 valence electrons. The first kappa shape index (κ1) is 19.0. The van der Waals surface area contributed by atoms with Crippen LogP contribution in [0.4, 0.5) is 15.9 Å². The highest BCUT2D eigenvalue weighted by atomic mass is 19.1. The summed E-state index contributed by atoms with van der Waals surface area (Å²) in [5.41, 5.74) is 13.6. The minimum atomic E-state index is -0.515.